The van der Waals surface area contributed by atoms with Crippen molar-refractivity contribution in [2.24, 2.45) is 5.92 Å². The van der Waals surface area contributed by atoms with Crippen molar-refractivity contribution >= 4 is 33.0 Å². The Morgan fingerprint density at radius 3 is 2.21 bits per heavy atom. The summed E-state index contributed by atoms with van der Waals surface area (Å²) in [6.07, 6.45) is 13.2. The van der Waals surface area contributed by atoms with Gasteiger partial charge in [-0.1, -0.05) is 63.8 Å². The predicted octanol–water partition coefficient (Wildman–Crippen LogP) is 4.46. The molecule has 1 aliphatic rings. The van der Waals surface area contributed by atoms with Gasteiger partial charge in [-0.15, -0.1) is 0 Å². The van der Waals surface area contributed by atoms with E-state index in [1.165, 1.54) is 44.1 Å². The fourth-order valence-electron chi connectivity index (χ4n) is 4.00. The van der Waals surface area contributed by atoms with Gasteiger partial charge in [0, 0.05) is 5.57 Å². The van der Waals surface area contributed by atoms with Crippen LogP contribution in [0.5, 0.6) is 0 Å². The van der Waals surface area contributed by atoms with Crippen LogP contribution in [0, 0.1) is 5.92 Å². The predicted molar refractivity (Wildman–Crippen MR) is 131 cm³/mol. The van der Waals surface area contributed by atoms with Gasteiger partial charge in [0.25, 0.3) is 0 Å². The molecule has 164 valence electrons. The second-order valence-electron chi connectivity index (χ2n) is 8.25. The topological polar surface area (TPSA) is 35.5 Å². The lowest BCUT2D eigenvalue weighted by molar-refractivity contribution is -0.139. The molecular formula is C24H42O3Si2. The molecule has 2 rings (SSSR count). The first-order chi connectivity index (χ1) is 14.0. The van der Waals surface area contributed by atoms with Crippen molar-refractivity contribution in [2.75, 3.05) is 6.61 Å². The van der Waals surface area contributed by atoms with Crippen molar-refractivity contribution in [2.45, 2.75) is 84.5 Å². The van der Waals surface area contributed by atoms with E-state index in [4.69, 9.17) is 4.74 Å². The lowest BCUT2D eigenvalue weighted by Crippen LogP contribution is -2.13. The average molecular weight is 435 g/mol. The molecule has 1 aromatic carbocycles. The summed E-state index contributed by atoms with van der Waals surface area (Å²) in [6, 6.07) is 8.77. The normalized spacial score (nSPS) is 19.5. The third-order valence-corrected chi connectivity index (χ3v) is 5.64. The van der Waals surface area contributed by atoms with Crippen molar-refractivity contribution in [3.63, 3.8) is 0 Å². The number of carbonyl (C=O) groups is 1. The van der Waals surface area contributed by atoms with Crippen LogP contribution in [0.2, 0.25) is 0 Å². The van der Waals surface area contributed by atoms with E-state index >= 15 is 0 Å². The van der Waals surface area contributed by atoms with Crippen LogP contribution in [0.25, 0.3) is 6.08 Å². The molecule has 3 nitrogen and oxygen atoms in total. The lowest BCUT2D eigenvalue weighted by atomic mass is 9.77. The van der Waals surface area contributed by atoms with Crippen LogP contribution in [0.3, 0.4) is 0 Å². The van der Waals surface area contributed by atoms with Gasteiger partial charge in [0.2, 0.25) is 0 Å². The fraction of sp³-hybridized carbons (Fsp3) is 0.625. The Balaban J connectivity index is 0.00000132. The van der Waals surface area contributed by atoms with E-state index in [1.807, 2.05) is 13.0 Å². The lowest BCUT2D eigenvalue weighted by Gasteiger charge is -2.28. The van der Waals surface area contributed by atoms with E-state index in [9.17, 15) is 4.79 Å². The Hall–Kier alpha value is -1.18. The molecule has 1 aromatic rings. The van der Waals surface area contributed by atoms with Gasteiger partial charge >= 0.3 is 5.97 Å². The van der Waals surface area contributed by atoms with Crippen molar-refractivity contribution in [3.05, 3.63) is 41.0 Å². The molecule has 5 heteroatoms. The van der Waals surface area contributed by atoms with Crippen molar-refractivity contribution in [1.29, 1.82) is 0 Å². The van der Waals surface area contributed by atoms with Crippen LogP contribution in [-0.2, 0) is 13.6 Å². The van der Waals surface area contributed by atoms with Gasteiger partial charge in [-0.25, -0.2) is 4.79 Å². The molecule has 1 fully saturated rings. The van der Waals surface area contributed by atoms with E-state index in [1.54, 1.807) is 0 Å². The first-order valence-electron chi connectivity index (χ1n) is 11.4. The fourth-order valence-corrected chi connectivity index (χ4v) is 4.00. The zero-order chi connectivity index (χ0) is 21.5. The highest BCUT2D eigenvalue weighted by Gasteiger charge is 2.21. The number of unbranched alkanes of at least 4 members (excludes halogenated alkanes) is 2. The largest absolute Gasteiger partial charge is 0.471 e. The molecule has 0 radical (unpaired) electrons. The Labute approximate surface area is 184 Å². The summed E-state index contributed by atoms with van der Waals surface area (Å²) in [7, 11) is 1.86. The SMILES string of the molecule is CCCCCOC(=O)/C(C)=C/c1ccc([C@H]2CC[C@H](CCC)CC2)cc1.[SiH3]O[SiH3]. The maximum Gasteiger partial charge on any atom is 0.333 e. The van der Waals surface area contributed by atoms with Gasteiger partial charge in [-0.3, -0.25) is 0 Å². The van der Waals surface area contributed by atoms with Gasteiger partial charge in [0.1, 0.15) is 21.0 Å². The van der Waals surface area contributed by atoms with Crippen LogP contribution < -0.4 is 0 Å². The van der Waals surface area contributed by atoms with E-state index in [0.717, 1.165) is 51.7 Å². The first kappa shape index (κ1) is 25.9. The number of ether oxygens (including phenoxy) is 1. The van der Waals surface area contributed by atoms with Crippen LogP contribution >= 0.6 is 0 Å². The van der Waals surface area contributed by atoms with E-state index in [-0.39, 0.29) is 5.97 Å². The summed E-state index contributed by atoms with van der Waals surface area (Å²) in [5, 5.41) is 0. The number of hydrogen-bond acceptors (Lipinski definition) is 3. The summed E-state index contributed by atoms with van der Waals surface area (Å²) in [6.45, 7) is 6.80. The summed E-state index contributed by atoms with van der Waals surface area (Å²) < 4.78 is 9.85. The van der Waals surface area contributed by atoms with E-state index in [2.05, 4.69) is 42.2 Å². The second kappa shape index (κ2) is 15.6. The van der Waals surface area contributed by atoms with Gasteiger partial charge < -0.3 is 8.85 Å². The van der Waals surface area contributed by atoms with Gasteiger partial charge in [-0.2, -0.15) is 0 Å². The zero-order valence-corrected chi connectivity index (χ0v) is 23.3. The maximum absolute atomic E-state index is 12.0. The molecule has 0 heterocycles. The van der Waals surface area contributed by atoms with Gasteiger partial charge in [0.15, 0.2) is 0 Å². The van der Waals surface area contributed by atoms with Crippen LogP contribution in [0.4, 0.5) is 0 Å². The van der Waals surface area contributed by atoms with Crippen LogP contribution in [0.15, 0.2) is 29.8 Å². The average Bonchev–Trinajstić information content (AvgIpc) is 2.73. The van der Waals surface area contributed by atoms with E-state index < -0.39 is 0 Å². The smallest absolute Gasteiger partial charge is 0.333 e. The molecule has 0 bridgehead atoms. The highest BCUT2D eigenvalue weighted by molar-refractivity contribution is 6.15. The monoisotopic (exact) mass is 434 g/mol. The highest BCUT2D eigenvalue weighted by atomic mass is 28.3. The number of benzene rings is 1. The molecule has 1 saturated carbocycles. The minimum absolute atomic E-state index is 0.195. The van der Waals surface area contributed by atoms with E-state index in [0.29, 0.717) is 18.1 Å². The summed E-state index contributed by atoms with van der Waals surface area (Å²) in [4.78, 5) is 12.0. The third kappa shape index (κ3) is 10.4. The molecular weight excluding hydrogens is 392 g/mol. The minimum Gasteiger partial charge on any atom is -0.471 e. The number of hydrogen-bond donors (Lipinski definition) is 0. The number of rotatable bonds is 9. The van der Waals surface area contributed by atoms with Gasteiger partial charge in [-0.05, 0) is 68.1 Å². The summed E-state index contributed by atoms with van der Waals surface area (Å²) >= 11 is 0. The molecule has 0 aromatic heterocycles. The third-order valence-electron chi connectivity index (χ3n) is 5.64. The van der Waals surface area contributed by atoms with Crippen molar-refractivity contribution in [3.8, 4) is 0 Å². The van der Waals surface area contributed by atoms with Crippen molar-refractivity contribution < 1.29 is 13.6 Å². The highest BCUT2D eigenvalue weighted by Crippen LogP contribution is 2.37. The summed E-state index contributed by atoms with van der Waals surface area (Å²) in [5.41, 5.74) is 3.21. The standard InChI is InChI=1S/C24H36O2.H6OSi2/c1-4-6-7-17-26-24(25)19(3)18-21-11-15-23(16-12-21)22-13-9-20(8-5-2)10-14-22;2-1-3/h11-12,15-16,18,20,22H,4-10,13-14,17H2,1-3H3;2-3H3/b19-18+;/t20-,22-;. The molecule has 0 aliphatic heterocycles. The number of esters is 1. The molecule has 0 amide bonds. The zero-order valence-electron chi connectivity index (χ0n) is 19.3. The number of carbonyl (C=O) groups excluding carboxylic acids is 1. The second-order valence-corrected chi connectivity index (χ2v) is 11.5. The Kier molecular flexibility index (Phi) is 13.9. The van der Waals surface area contributed by atoms with Crippen LogP contribution in [0.1, 0.15) is 95.6 Å². The Bertz CT molecular complexity index is 591. The molecule has 29 heavy (non-hydrogen) atoms. The van der Waals surface area contributed by atoms with Crippen LogP contribution in [-0.4, -0.2) is 33.5 Å². The Morgan fingerprint density at radius 2 is 1.66 bits per heavy atom. The molecule has 0 spiro atoms. The molecule has 0 saturated heterocycles. The maximum atomic E-state index is 12.0. The molecule has 0 N–H and O–H groups in total. The quantitative estimate of drug-likeness (QED) is 0.249. The molecule has 1 aliphatic carbocycles. The molecule has 0 unspecified atom stereocenters. The minimum atomic E-state index is -0.195. The Morgan fingerprint density at radius 1 is 1.03 bits per heavy atom. The molecule has 0 atom stereocenters. The van der Waals surface area contributed by atoms with Crippen molar-refractivity contribution in [1.82, 2.24) is 0 Å². The van der Waals surface area contributed by atoms with Gasteiger partial charge in [0.05, 0.1) is 6.61 Å². The first-order valence-corrected chi connectivity index (χ1v) is 13.0. The summed E-state index contributed by atoms with van der Waals surface area (Å²) in [5.74, 6) is 1.47.